The van der Waals surface area contributed by atoms with Crippen molar-refractivity contribution < 1.29 is 14.3 Å². The zero-order chi connectivity index (χ0) is 18.7. The van der Waals surface area contributed by atoms with Crippen LogP contribution in [0.5, 0.6) is 11.5 Å². The van der Waals surface area contributed by atoms with Gasteiger partial charge in [0.1, 0.15) is 11.5 Å². The minimum atomic E-state index is -0.258. The second kappa shape index (κ2) is 9.92. The van der Waals surface area contributed by atoms with Gasteiger partial charge >= 0.3 is 5.97 Å². The van der Waals surface area contributed by atoms with Crippen LogP contribution in [0.3, 0.4) is 0 Å². The average molecular weight is 359 g/mol. The molecule has 0 atom stereocenters. The van der Waals surface area contributed by atoms with E-state index in [0.29, 0.717) is 25.2 Å². The first-order valence-electron chi connectivity index (χ1n) is 8.86. The zero-order valence-corrected chi connectivity index (χ0v) is 15.0. The van der Waals surface area contributed by atoms with E-state index >= 15 is 0 Å². The highest BCUT2D eigenvalue weighted by Crippen LogP contribution is 2.15. The molecule has 3 aromatic rings. The van der Waals surface area contributed by atoms with E-state index in [1.165, 1.54) is 0 Å². The first-order valence-corrected chi connectivity index (χ1v) is 8.86. The SMILES string of the molecule is O=C(CCCOc1ccccc1)Oc1ccc(/C=C/c2ccncc2)cc1. The van der Waals surface area contributed by atoms with Crippen LogP contribution >= 0.6 is 0 Å². The third-order valence-electron chi connectivity index (χ3n) is 3.82. The maximum atomic E-state index is 11.9. The van der Waals surface area contributed by atoms with Gasteiger partial charge in [-0.1, -0.05) is 42.5 Å². The third kappa shape index (κ3) is 6.44. The molecular weight excluding hydrogens is 338 g/mol. The molecule has 0 amide bonds. The Kier molecular flexibility index (Phi) is 6.76. The number of para-hydroxylation sites is 1. The molecule has 136 valence electrons. The number of rotatable bonds is 8. The third-order valence-corrected chi connectivity index (χ3v) is 3.82. The van der Waals surface area contributed by atoms with Crippen molar-refractivity contribution in [3.05, 3.63) is 90.3 Å². The van der Waals surface area contributed by atoms with E-state index < -0.39 is 0 Å². The van der Waals surface area contributed by atoms with Crippen LogP contribution < -0.4 is 9.47 Å². The fourth-order valence-electron chi connectivity index (χ4n) is 2.42. The molecule has 1 aromatic heterocycles. The Morgan fingerprint density at radius 3 is 2.19 bits per heavy atom. The van der Waals surface area contributed by atoms with Crippen LogP contribution in [0.4, 0.5) is 0 Å². The summed E-state index contributed by atoms with van der Waals surface area (Å²) in [7, 11) is 0. The summed E-state index contributed by atoms with van der Waals surface area (Å²) < 4.78 is 10.9. The summed E-state index contributed by atoms with van der Waals surface area (Å²) in [6.07, 6.45) is 8.45. The maximum Gasteiger partial charge on any atom is 0.311 e. The van der Waals surface area contributed by atoms with Crippen LogP contribution in [0.15, 0.2) is 79.1 Å². The zero-order valence-electron chi connectivity index (χ0n) is 15.0. The van der Waals surface area contributed by atoms with Crippen molar-refractivity contribution in [2.45, 2.75) is 12.8 Å². The second-order valence-corrected chi connectivity index (χ2v) is 5.92. The predicted octanol–water partition coefficient (Wildman–Crippen LogP) is 5.02. The molecule has 0 aliphatic heterocycles. The van der Waals surface area contributed by atoms with Gasteiger partial charge in [0.05, 0.1) is 6.61 Å². The molecule has 0 radical (unpaired) electrons. The summed E-state index contributed by atoms with van der Waals surface area (Å²) in [5, 5.41) is 0. The summed E-state index contributed by atoms with van der Waals surface area (Å²) >= 11 is 0. The lowest BCUT2D eigenvalue weighted by molar-refractivity contribution is -0.134. The number of nitrogens with zero attached hydrogens (tertiary/aromatic N) is 1. The number of hydrogen-bond acceptors (Lipinski definition) is 4. The van der Waals surface area contributed by atoms with E-state index in [0.717, 1.165) is 16.9 Å². The number of ether oxygens (including phenoxy) is 2. The van der Waals surface area contributed by atoms with Crippen LogP contribution in [-0.4, -0.2) is 17.6 Å². The van der Waals surface area contributed by atoms with Gasteiger partial charge in [0.25, 0.3) is 0 Å². The lowest BCUT2D eigenvalue weighted by Crippen LogP contribution is -2.09. The van der Waals surface area contributed by atoms with E-state index in [9.17, 15) is 4.79 Å². The average Bonchev–Trinajstić information content (AvgIpc) is 2.72. The quantitative estimate of drug-likeness (QED) is 0.322. The number of carbonyl (C=O) groups excluding carboxylic acids is 1. The van der Waals surface area contributed by atoms with Gasteiger partial charge in [-0.25, -0.2) is 0 Å². The molecule has 0 unspecified atom stereocenters. The molecule has 0 fully saturated rings. The predicted molar refractivity (Wildman–Crippen MR) is 106 cm³/mol. The van der Waals surface area contributed by atoms with E-state index in [2.05, 4.69) is 4.98 Å². The fourth-order valence-corrected chi connectivity index (χ4v) is 2.42. The van der Waals surface area contributed by atoms with Crippen LogP contribution in [0.2, 0.25) is 0 Å². The van der Waals surface area contributed by atoms with Gasteiger partial charge in [0, 0.05) is 18.8 Å². The Labute approximate surface area is 159 Å². The summed E-state index contributed by atoms with van der Waals surface area (Å²) in [6.45, 7) is 0.484. The molecule has 4 nitrogen and oxygen atoms in total. The van der Waals surface area contributed by atoms with E-state index in [1.807, 2.05) is 66.7 Å². The molecule has 27 heavy (non-hydrogen) atoms. The van der Waals surface area contributed by atoms with Crippen molar-refractivity contribution in [1.82, 2.24) is 4.98 Å². The molecule has 1 heterocycles. The van der Waals surface area contributed by atoms with Gasteiger partial charge < -0.3 is 9.47 Å². The van der Waals surface area contributed by atoms with Crippen molar-refractivity contribution in [3.63, 3.8) is 0 Å². The number of carbonyl (C=O) groups is 1. The highest BCUT2D eigenvalue weighted by molar-refractivity contribution is 5.73. The Balaban J connectivity index is 1.41. The molecule has 3 rings (SSSR count). The van der Waals surface area contributed by atoms with E-state index in [1.54, 1.807) is 24.5 Å². The Morgan fingerprint density at radius 1 is 0.815 bits per heavy atom. The highest BCUT2D eigenvalue weighted by Gasteiger charge is 2.05. The molecule has 0 N–H and O–H groups in total. The smallest absolute Gasteiger partial charge is 0.311 e. The fraction of sp³-hybridized carbons (Fsp3) is 0.130. The molecule has 0 aliphatic rings. The molecule has 0 aliphatic carbocycles. The summed E-state index contributed by atoms with van der Waals surface area (Å²) in [6, 6.07) is 20.9. The van der Waals surface area contributed by atoms with Gasteiger partial charge in [-0.05, 0) is 53.9 Å². The number of hydrogen-bond donors (Lipinski definition) is 0. The summed E-state index contributed by atoms with van der Waals surface area (Å²) in [4.78, 5) is 15.9. The standard InChI is InChI=1S/C23H21NO3/c25-23(7-4-18-26-21-5-2-1-3-6-21)27-22-12-10-19(11-13-22)8-9-20-14-16-24-17-15-20/h1-3,5-6,8-17H,4,7,18H2/b9-8+. The molecule has 0 saturated carbocycles. The van der Waals surface area contributed by atoms with E-state index in [4.69, 9.17) is 9.47 Å². The Bertz CT molecular complexity index is 859. The van der Waals surface area contributed by atoms with Crippen molar-refractivity contribution >= 4 is 18.1 Å². The maximum absolute atomic E-state index is 11.9. The van der Waals surface area contributed by atoms with Gasteiger partial charge in [-0.15, -0.1) is 0 Å². The second-order valence-electron chi connectivity index (χ2n) is 5.92. The highest BCUT2D eigenvalue weighted by atomic mass is 16.5. The largest absolute Gasteiger partial charge is 0.494 e. The van der Waals surface area contributed by atoms with Crippen molar-refractivity contribution in [2.75, 3.05) is 6.61 Å². The van der Waals surface area contributed by atoms with Gasteiger partial charge in [0.2, 0.25) is 0 Å². The van der Waals surface area contributed by atoms with Crippen LogP contribution in [0.25, 0.3) is 12.2 Å². The van der Waals surface area contributed by atoms with Gasteiger partial charge in [0.15, 0.2) is 0 Å². The van der Waals surface area contributed by atoms with Crippen molar-refractivity contribution in [3.8, 4) is 11.5 Å². The first kappa shape index (κ1) is 18.4. The van der Waals surface area contributed by atoms with Gasteiger partial charge in [-0.3, -0.25) is 9.78 Å². The number of benzene rings is 2. The summed E-state index contributed by atoms with van der Waals surface area (Å²) in [5.74, 6) is 1.10. The van der Waals surface area contributed by atoms with Crippen molar-refractivity contribution in [2.24, 2.45) is 0 Å². The molecule has 2 aromatic carbocycles. The van der Waals surface area contributed by atoms with Crippen molar-refractivity contribution in [1.29, 1.82) is 0 Å². The molecule has 0 spiro atoms. The lowest BCUT2D eigenvalue weighted by Gasteiger charge is -2.06. The Morgan fingerprint density at radius 2 is 1.48 bits per heavy atom. The van der Waals surface area contributed by atoms with Crippen LogP contribution in [-0.2, 0) is 4.79 Å². The molecule has 4 heteroatoms. The first-order chi connectivity index (χ1) is 13.3. The molecule has 0 bridgehead atoms. The molecular formula is C23H21NO3. The van der Waals surface area contributed by atoms with Crippen LogP contribution in [0, 0.1) is 0 Å². The minimum absolute atomic E-state index is 0.258. The number of aromatic nitrogens is 1. The number of pyridine rings is 1. The monoisotopic (exact) mass is 359 g/mol. The van der Waals surface area contributed by atoms with Crippen LogP contribution in [0.1, 0.15) is 24.0 Å². The summed E-state index contributed by atoms with van der Waals surface area (Å²) in [5.41, 5.74) is 2.11. The Hall–Kier alpha value is -3.40. The minimum Gasteiger partial charge on any atom is -0.494 e. The lowest BCUT2D eigenvalue weighted by atomic mass is 10.1. The number of esters is 1. The topological polar surface area (TPSA) is 48.4 Å². The van der Waals surface area contributed by atoms with Gasteiger partial charge in [-0.2, -0.15) is 0 Å². The van der Waals surface area contributed by atoms with E-state index in [-0.39, 0.29) is 5.97 Å². The normalized spacial score (nSPS) is 10.7. The molecule has 0 saturated heterocycles.